The molecule has 204 valence electrons. The second-order valence-electron chi connectivity index (χ2n) is 9.55. The number of amides is 1. The fourth-order valence-electron chi connectivity index (χ4n) is 4.45. The van der Waals surface area contributed by atoms with Gasteiger partial charge in [0.1, 0.15) is 5.75 Å². The van der Waals surface area contributed by atoms with Crippen LogP contribution in [0, 0.1) is 0 Å². The number of hydrogen-bond donors (Lipinski definition) is 2. The molecule has 3 aromatic carbocycles. The van der Waals surface area contributed by atoms with Crippen molar-refractivity contribution in [1.29, 1.82) is 0 Å². The van der Waals surface area contributed by atoms with Gasteiger partial charge in [-0.05, 0) is 48.0 Å². The molecule has 0 aliphatic carbocycles. The SMILES string of the molecule is C=CC[C@@]1(C(=O)NCc2ccc(N(C)C)cc2)N=C(c2ccc(OCCCO)cc2)O[C@@H]1c1ccccc1Br. The lowest BCUT2D eigenvalue weighted by Crippen LogP contribution is -2.47. The highest BCUT2D eigenvalue weighted by molar-refractivity contribution is 9.10. The Morgan fingerprint density at radius 1 is 1.15 bits per heavy atom. The summed E-state index contributed by atoms with van der Waals surface area (Å²) in [6.07, 6.45) is 1.89. The van der Waals surface area contributed by atoms with Gasteiger partial charge in [0.25, 0.3) is 5.91 Å². The van der Waals surface area contributed by atoms with Crippen LogP contribution in [0.5, 0.6) is 5.75 Å². The molecule has 1 heterocycles. The normalized spacial score (nSPS) is 18.2. The Balaban J connectivity index is 1.65. The summed E-state index contributed by atoms with van der Waals surface area (Å²) >= 11 is 3.64. The Morgan fingerprint density at radius 3 is 2.51 bits per heavy atom. The molecule has 3 aromatic rings. The lowest BCUT2D eigenvalue weighted by atomic mass is 9.84. The van der Waals surface area contributed by atoms with E-state index in [1.54, 1.807) is 6.08 Å². The fourth-order valence-corrected chi connectivity index (χ4v) is 4.94. The van der Waals surface area contributed by atoms with E-state index in [2.05, 4.69) is 27.8 Å². The summed E-state index contributed by atoms with van der Waals surface area (Å²) in [4.78, 5) is 20.9. The minimum absolute atomic E-state index is 0.0774. The number of carbonyl (C=O) groups is 1. The zero-order chi connectivity index (χ0) is 27.8. The van der Waals surface area contributed by atoms with Crippen molar-refractivity contribution >= 4 is 33.4 Å². The average molecular weight is 593 g/mol. The number of anilines is 1. The quantitative estimate of drug-likeness (QED) is 0.217. The molecule has 8 heteroatoms. The van der Waals surface area contributed by atoms with E-state index < -0.39 is 11.6 Å². The number of carbonyl (C=O) groups excluding carboxylic acids is 1. The third-order valence-corrected chi connectivity index (χ3v) is 7.30. The highest BCUT2D eigenvalue weighted by Crippen LogP contribution is 2.44. The molecule has 0 spiro atoms. The van der Waals surface area contributed by atoms with Crippen LogP contribution in [0.1, 0.15) is 35.6 Å². The molecule has 4 rings (SSSR count). The van der Waals surface area contributed by atoms with Gasteiger partial charge in [0.05, 0.1) is 6.61 Å². The third kappa shape index (κ3) is 6.52. The van der Waals surface area contributed by atoms with Crippen LogP contribution in [0.3, 0.4) is 0 Å². The Kier molecular flexibility index (Phi) is 9.43. The first-order valence-electron chi connectivity index (χ1n) is 12.9. The van der Waals surface area contributed by atoms with Crippen LogP contribution >= 0.6 is 15.9 Å². The Bertz CT molecular complexity index is 1310. The smallest absolute Gasteiger partial charge is 0.252 e. The van der Waals surface area contributed by atoms with E-state index >= 15 is 0 Å². The van der Waals surface area contributed by atoms with Gasteiger partial charge in [0, 0.05) is 61.4 Å². The molecule has 0 saturated heterocycles. The van der Waals surface area contributed by atoms with E-state index in [9.17, 15) is 4.79 Å². The monoisotopic (exact) mass is 591 g/mol. The summed E-state index contributed by atoms with van der Waals surface area (Å²) in [5.41, 5.74) is 2.39. The van der Waals surface area contributed by atoms with Crippen molar-refractivity contribution < 1.29 is 19.4 Å². The molecule has 2 atom stereocenters. The fraction of sp³-hybridized carbons (Fsp3) is 0.290. The standard InChI is InChI=1S/C31H34BrN3O4/c1-4-18-31(30(37)33-21-22-10-14-24(15-11-22)35(2)3)28(26-8-5-6-9-27(26)32)39-29(34-31)23-12-16-25(17-13-23)38-20-7-19-36/h4-6,8-17,28,36H,1,7,18-21H2,2-3H3,(H,33,37)/t28-,31-/m1/s1. The first-order chi connectivity index (χ1) is 18.9. The van der Waals surface area contributed by atoms with Crippen molar-refractivity contribution in [2.24, 2.45) is 4.99 Å². The first kappa shape index (κ1) is 28.4. The highest BCUT2D eigenvalue weighted by Gasteiger charge is 2.52. The van der Waals surface area contributed by atoms with Gasteiger partial charge in [-0.3, -0.25) is 4.79 Å². The molecule has 0 saturated carbocycles. The second kappa shape index (κ2) is 13.0. The maximum atomic E-state index is 14.0. The summed E-state index contributed by atoms with van der Waals surface area (Å²) in [6.45, 7) is 4.80. The zero-order valence-corrected chi connectivity index (χ0v) is 23.9. The van der Waals surface area contributed by atoms with E-state index in [1.165, 1.54) is 0 Å². The van der Waals surface area contributed by atoms with Crippen molar-refractivity contribution in [2.75, 3.05) is 32.2 Å². The highest BCUT2D eigenvalue weighted by atomic mass is 79.9. The van der Waals surface area contributed by atoms with Crippen LogP contribution in [0.4, 0.5) is 5.69 Å². The lowest BCUT2D eigenvalue weighted by Gasteiger charge is -2.30. The van der Waals surface area contributed by atoms with Gasteiger partial charge in [-0.2, -0.15) is 0 Å². The molecule has 0 unspecified atom stereocenters. The van der Waals surface area contributed by atoms with Gasteiger partial charge in [-0.1, -0.05) is 52.3 Å². The van der Waals surface area contributed by atoms with Gasteiger partial charge >= 0.3 is 0 Å². The molecular formula is C31H34BrN3O4. The minimum atomic E-state index is -1.25. The number of ether oxygens (including phenoxy) is 2. The molecule has 0 fully saturated rings. The van der Waals surface area contributed by atoms with E-state index in [4.69, 9.17) is 19.6 Å². The van der Waals surface area contributed by atoms with Crippen LogP contribution in [-0.4, -0.2) is 49.8 Å². The molecule has 0 bridgehead atoms. The molecule has 0 radical (unpaired) electrons. The van der Waals surface area contributed by atoms with Crippen LogP contribution in [-0.2, 0) is 16.1 Å². The second-order valence-corrected chi connectivity index (χ2v) is 10.4. The van der Waals surface area contributed by atoms with Gasteiger partial charge in [0.2, 0.25) is 5.90 Å². The van der Waals surface area contributed by atoms with Crippen LogP contribution in [0.15, 0.2) is 94.9 Å². The number of hydrogen-bond acceptors (Lipinski definition) is 6. The van der Waals surface area contributed by atoms with Gasteiger partial charge < -0.3 is 24.8 Å². The zero-order valence-electron chi connectivity index (χ0n) is 22.3. The third-order valence-electron chi connectivity index (χ3n) is 6.58. The van der Waals surface area contributed by atoms with E-state index in [1.807, 2.05) is 91.8 Å². The van der Waals surface area contributed by atoms with Crippen molar-refractivity contribution in [3.8, 4) is 5.75 Å². The topological polar surface area (TPSA) is 83.4 Å². The summed E-state index contributed by atoms with van der Waals surface area (Å²) < 4.78 is 13.0. The van der Waals surface area contributed by atoms with Crippen LogP contribution < -0.4 is 15.0 Å². The number of halogens is 1. The molecule has 7 nitrogen and oxygen atoms in total. The predicted octanol–water partition coefficient (Wildman–Crippen LogP) is 5.43. The van der Waals surface area contributed by atoms with Gasteiger partial charge in [-0.15, -0.1) is 6.58 Å². The van der Waals surface area contributed by atoms with Gasteiger partial charge in [-0.25, -0.2) is 4.99 Å². The van der Waals surface area contributed by atoms with Crippen molar-refractivity contribution in [1.82, 2.24) is 5.32 Å². The molecular weight excluding hydrogens is 558 g/mol. The number of nitrogens with one attached hydrogen (secondary N) is 1. The first-order valence-corrected chi connectivity index (χ1v) is 13.7. The molecule has 1 aliphatic heterocycles. The lowest BCUT2D eigenvalue weighted by molar-refractivity contribution is -0.129. The largest absolute Gasteiger partial charge is 0.494 e. The predicted molar refractivity (Wildman–Crippen MR) is 158 cm³/mol. The van der Waals surface area contributed by atoms with E-state index in [0.717, 1.165) is 26.9 Å². The Hall–Kier alpha value is -3.62. The number of nitrogens with zero attached hydrogens (tertiary/aromatic N) is 2. The van der Waals surface area contributed by atoms with E-state index in [-0.39, 0.29) is 18.9 Å². The molecule has 1 amide bonds. The maximum Gasteiger partial charge on any atom is 0.252 e. The summed E-state index contributed by atoms with van der Waals surface area (Å²) in [7, 11) is 3.98. The number of benzene rings is 3. The average Bonchev–Trinajstić information content (AvgIpc) is 3.33. The Morgan fingerprint density at radius 2 is 1.87 bits per heavy atom. The molecule has 2 N–H and O–H groups in total. The number of aliphatic hydroxyl groups excluding tert-OH is 1. The molecule has 0 aromatic heterocycles. The molecule has 1 aliphatic rings. The minimum Gasteiger partial charge on any atom is -0.494 e. The van der Waals surface area contributed by atoms with Gasteiger partial charge in [0.15, 0.2) is 11.6 Å². The number of aliphatic hydroxyl groups is 1. The maximum absolute atomic E-state index is 14.0. The Labute approximate surface area is 238 Å². The summed E-state index contributed by atoms with van der Waals surface area (Å²) in [6, 6.07) is 23.2. The number of aliphatic imine (C=N–C) groups is 1. The summed E-state index contributed by atoms with van der Waals surface area (Å²) in [5.74, 6) is 0.826. The number of rotatable bonds is 12. The van der Waals surface area contributed by atoms with E-state index in [0.29, 0.717) is 31.2 Å². The van der Waals surface area contributed by atoms with Crippen molar-refractivity contribution in [3.05, 3.63) is 107 Å². The van der Waals surface area contributed by atoms with Crippen LogP contribution in [0.25, 0.3) is 0 Å². The molecule has 39 heavy (non-hydrogen) atoms. The van der Waals surface area contributed by atoms with Crippen LogP contribution in [0.2, 0.25) is 0 Å². The summed E-state index contributed by atoms with van der Waals surface area (Å²) in [5, 5.41) is 12.1. The van der Waals surface area contributed by atoms with Crippen molar-refractivity contribution in [2.45, 2.75) is 31.0 Å². The van der Waals surface area contributed by atoms with Crippen molar-refractivity contribution in [3.63, 3.8) is 0 Å².